The zero-order valence-corrected chi connectivity index (χ0v) is 27.7. The van der Waals surface area contributed by atoms with Crippen LogP contribution in [-0.4, -0.2) is 57.6 Å². The smallest absolute Gasteiger partial charge is 0.337 e. The molecule has 5 aromatic rings. The molecule has 2 aliphatic rings. The van der Waals surface area contributed by atoms with Crippen LogP contribution in [-0.2, 0) is 9.53 Å². The average molecular weight is 653 g/mol. The van der Waals surface area contributed by atoms with Gasteiger partial charge in [0.15, 0.2) is 11.8 Å². The van der Waals surface area contributed by atoms with Gasteiger partial charge in [0, 0.05) is 35.0 Å². The van der Waals surface area contributed by atoms with Gasteiger partial charge >= 0.3 is 5.97 Å². The standard InChI is InChI=1S/C37H37ClN4O5/c1-22-31(35(36(43)44)47-37(2,3)4)33-27-13-14-29-34(32(27)38)41(16-18-46-29)15-5-6-17-45-26-12-8-10-24(20-26)23-9-7-11-25(19-23)28-21-30(39-22)42(33)40-28/h7-14,19-21,35H,5-6,15-18H2,1-4H3,(H,43,44). The van der Waals surface area contributed by atoms with Crippen molar-refractivity contribution >= 4 is 28.9 Å². The van der Waals surface area contributed by atoms with E-state index in [2.05, 4.69) is 29.2 Å². The van der Waals surface area contributed by atoms with Crippen LogP contribution < -0.4 is 14.4 Å². The molecule has 0 saturated heterocycles. The second-order valence-electron chi connectivity index (χ2n) is 13.0. The van der Waals surface area contributed by atoms with E-state index in [0.717, 1.165) is 47.5 Å². The van der Waals surface area contributed by atoms with Gasteiger partial charge in [-0.25, -0.2) is 14.3 Å². The lowest BCUT2D eigenvalue weighted by atomic mass is 9.97. The van der Waals surface area contributed by atoms with Crippen LogP contribution >= 0.6 is 11.6 Å². The monoisotopic (exact) mass is 652 g/mol. The van der Waals surface area contributed by atoms with Crippen LogP contribution in [0.1, 0.15) is 51.0 Å². The zero-order valence-electron chi connectivity index (χ0n) is 26.9. The average Bonchev–Trinajstić information content (AvgIpc) is 3.46. The second-order valence-corrected chi connectivity index (χ2v) is 13.4. The summed E-state index contributed by atoms with van der Waals surface area (Å²) in [7, 11) is 0. The van der Waals surface area contributed by atoms with E-state index in [4.69, 9.17) is 35.9 Å². The number of aromatic nitrogens is 3. The fourth-order valence-corrected chi connectivity index (χ4v) is 6.76. The number of aliphatic carboxylic acids is 1. The predicted octanol–water partition coefficient (Wildman–Crippen LogP) is 8.00. The minimum Gasteiger partial charge on any atom is -0.494 e. The van der Waals surface area contributed by atoms with Gasteiger partial charge in [-0.3, -0.25) is 0 Å². The van der Waals surface area contributed by atoms with Gasteiger partial charge in [0.1, 0.15) is 18.1 Å². The number of carboxylic acid groups (broad SMARTS) is 1. The molecule has 7 rings (SSSR count). The summed E-state index contributed by atoms with van der Waals surface area (Å²) in [6.45, 7) is 9.87. The van der Waals surface area contributed by atoms with Crippen molar-refractivity contribution < 1.29 is 24.1 Å². The van der Waals surface area contributed by atoms with Crippen LogP contribution in [0, 0.1) is 6.92 Å². The zero-order chi connectivity index (χ0) is 32.9. The predicted molar refractivity (Wildman–Crippen MR) is 183 cm³/mol. The lowest BCUT2D eigenvalue weighted by molar-refractivity contribution is -0.160. The van der Waals surface area contributed by atoms with Gasteiger partial charge in [-0.1, -0.05) is 41.9 Å². The van der Waals surface area contributed by atoms with Crippen LogP contribution in [0.25, 0.3) is 39.3 Å². The first-order chi connectivity index (χ1) is 22.6. The first kappa shape index (κ1) is 31.0. The summed E-state index contributed by atoms with van der Waals surface area (Å²) in [5.74, 6) is 0.385. The minimum atomic E-state index is -1.33. The third-order valence-electron chi connectivity index (χ3n) is 8.47. The number of carbonyl (C=O) groups is 1. The first-order valence-corrected chi connectivity index (χ1v) is 16.3. The summed E-state index contributed by atoms with van der Waals surface area (Å²) in [5, 5.41) is 16.1. The molecule has 4 heterocycles. The summed E-state index contributed by atoms with van der Waals surface area (Å²) in [6.07, 6.45) is 0.415. The van der Waals surface area contributed by atoms with E-state index in [9.17, 15) is 9.90 Å². The van der Waals surface area contributed by atoms with E-state index >= 15 is 0 Å². The van der Waals surface area contributed by atoms with Gasteiger partial charge in [0.25, 0.3) is 0 Å². The van der Waals surface area contributed by atoms with Gasteiger partial charge < -0.3 is 24.2 Å². The number of hydrogen-bond acceptors (Lipinski definition) is 7. The van der Waals surface area contributed by atoms with Crippen molar-refractivity contribution in [3.05, 3.63) is 83.0 Å². The molecule has 0 aliphatic carbocycles. The molecule has 8 bridgehead atoms. The number of aryl methyl sites for hydroxylation is 1. The number of benzene rings is 3. The van der Waals surface area contributed by atoms with Crippen molar-refractivity contribution in [2.24, 2.45) is 0 Å². The van der Waals surface area contributed by atoms with E-state index in [1.807, 2.05) is 70.2 Å². The highest BCUT2D eigenvalue weighted by Gasteiger charge is 2.35. The van der Waals surface area contributed by atoms with E-state index in [1.54, 1.807) is 4.52 Å². The quantitative estimate of drug-likeness (QED) is 0.209. The van der Waals surface area contributed by atoms with Gasteiger partial charge in [-0.15, -0.1) is 0 Å². The highest BCUT2D eigenvalue weighted by Crippen LogP contribution is 2.47. The molecule has 0 fully saturated rings. The molecular formula is C37H37ClN4O5. The number of carboxylic acids is 1. The summed E-state index contributed by atoms with van der Waals surface area (Å²) in [5.41, 5.74) is 6.27. The Kier molecular flexibility index (Phi) is 8.06. The third kappa shape index (κ3) is 6.01. The van der Waals surface area contributed by atoms with Crippen LogP contribution in [0.15, 0.2) is 66.7 Å². The van der Waals surface area contributed by atoms with E-state index in [1.165, 1.54) is 0 Å². The molecule has 10 heteroatoms. The highest BCUT2D eigenvalue weighted by atomic mass is 35.5. The Bertz CT molecular complexity index is 2000. The van der Waals surface area contributed by atoms with Gasteiger partial charge in [-0.2, -0.15) is 5.10 Å². The topological polar surface area (TPSA) is 98.4 Å². The number of anilines is 1. The van der Waals surface area contributed by atoms with E-state index in [0.29, 0.717) is 64.4 Å². The van der Waals surface area contributed by atoms with Crippen LogP contribution in [0.5, 0.6) is 11.5 Å². The fourth-order valence-electron chi connectivity index (χ4n) is 6.39. The summed E-state index contributed by atoms with van der Waals surface area (Å²) in [4.78, 5) is 20.0. The maximum atomic E-state index is 12.9. The van der Waals surface area contributed by atoms with Crippen molar-refractivity contribution in [3.8, 4) is 45.1 Å². The molecule has 47 heavy (non-hydrogen) atoms. The van der Waals surface area contributed by atoms with Gasteiger partial charge in [-0.05, 0) is 82.0 Å². The van der Waals surface area contributed by atoms with Crippen LogP contribution in [0.2, 0.25) is 5.02 Å². The molecule has 242 valence electrons. The second kappa shape index (κ2) is 12.2. The first-order valence-electron chi connectivity index (χ1n) is 15.9. The number of rotatable bonds is 3. The molecule has 0 radical (unpaired) electrons. The molecule has 2 aliphatic heterocycles. The number of hydrogen-bond donors (Lipinski definition) is 1. The molecule has 0 amide bonds. The Hall–Kier alpha value is -4.60. The molecule has 9 nitrogen and oxygen atoms in total. The van der Waals surface area contributed by atoms with Crippen molar-refractivity contribution in [3.63, 3.8) is 0 Å². The van der Waals surface area contributed by atoms with Gasteiger partial charge in [0.2, 0.25) is 0 Å². The van der Waals surface area contributed by atoms with Crippen molar-refractivity contribution in [2.45, 2.75) is 52.2 Å². The lowest BCUT2D eigenvalue weighted by Crippen LogP contribution is -2.34. The maximum absolute atomic E-state index is 12.9. The third-order valence-corrected chi connectivity index (χ3v) is 8.86. The number of fused-ring (bicyclic) bond motifs is 9. The summed E-state index contributed by atoms with van der Waals surface area (Å²) in [6, 6.07) is 22.0. The Morgan fingerprint density at radius 1 is 0.957 bits per heavy atom. The Labute approximate surface area is 278 Å². The van der Waals surface area contributed by atoms with Crippen molar-refractivity contribution in [1.82, 2.24) is 14.6 Å². The molecule has 0 spiro atoms. The highest BCUT2D eigenvalue weighted by molar-refractivity contribution is 6.36. The number of ether oxygens (including phenoxy) is 3. The largest absolute Gasteiger partial charge is 0.494 e. The van der Waals surface area contributed by atoms with Gasteiger partial charge in [0.05, 0.1) is 40.9 Å². The number of halogens is 1. The Balaban J connectivity index is 1.51. The van der Waals surface area contributed by atoms with Crippen molar-refractivity contribution in [1.29, 1.82) is 0 Å². The Morgan fingerprint density at radius 2 is 1.72 bits per heavy atom. The molecule has 1 atom stereocenters. The lowest BCUT2D eigenvalue weighted by Gasteiger charge is -2.33. The minimum absolute atomic E-state index is 0.397. The number of nitrogens with zero attached hydrogens (tertiary/aromatic N) is 4. The molecule has 0 saturated carbocycles. The van der Waals surface area contributed by atoms with Crippen LogP contribution in [0.3, 0.4) is 0 Å². The molecule has 2 aromatic heterocycles. The summed E-state index contributed by atoms with van der Waals surface area (Å²) >= 11 is 7.36. The van der Waals surface area contributed by atoms with Crippen LogP contribution in [0.4, 0.5) is 5.69 Å². The molecule has 3 aromatic carbocycles. The molecule has 1 N–H and O–H groups in total. The maximum Gasteiger partial charge on any atom is 0.337 e. The Morgan fingerprint density at radius 3 is 2.51 bits per heavy atom. The SMILES string of the molecule is Cc1nc2cc3nn2c(c1C(OC(C)(C)C)C(=O)O)-c1ccc2c(c1Cl)N(CCCCOc1cccc(c1)-c1cccc-3c1)CCO2. The normalized spacial score (nSPS) is 15.3. The molecule has 1 unspecified atom stereocenters. The molecular weight excluding hydrogens is 616 g/mol. The van der Waals surface area contributed by atoms with E-state index < -0.39 is 17.7 Å². The fraction of sp³-hybridized carbons (Fsp3) is 0.324. The van der Waals surface area contributed by atoms with Crippen molar-refractivity contribution in [2.75, 3.05) is 31.2 Å². The summed E-state index contributed by atoms with van der Waals surface area (Å²) < 4.78 is 20.1. The van der Waals surface area contributed by atoms with E-state index in [-0.39, 0.29) is 0 Å².